The van der Waals surface area contributed by atoms with Gasteiger partial charge >= 0.3 is 0 Å². The van der Waals surface area contributed by atoms with Crippen LogP contribution in [0, 0.1) is 11.8 Å². The second kappa shape index (κ2) is 1.88. The highest BCUT2D eigenvalue weighted by Crippen LogP contribution is 2.56. The van der Waals surface area contributed by atoms with Gasteiger partial charge in [0.1, 0.15) is 0 Å². The van der Waals surface area contributed by atoms with E-state index in [2.05, 4.69) is 0 Å². The molecule has 0 aromatic heterocycles. The molecule has 4 fully saturated rings. The van der Waals surface area contributed by atoms with Crippen LogP contribution in [0.3, 0.4) is 0 Å². The normalized spacial score (nSPS) is 62.5. The molecule has 4 aliphatic carbocycles. The second-order valence-corrected chi connectivity index (χ2v) is 5.55. The van der Waals surface area contributed by atoms with Gasteiger partial charge in [-0.25, -0.2) is 0 Å². The van der Waals surface area contributed by atoms with Crippen LogP contribution >= 0.6 is 0 Å². The Kier molecular flexibility index (Phi) is 1.15. The van der Waals surface area contributed by atoms with Gasteiger partial charge in [-0.05, 0) is 50.4 Å². The predicted octanol–water partition coefficient (Wildman–Crippen LogP) is 1.03. The van der Waals surface area contributed by atoms with Gasteiger partial charge in [-0.2, -0.15) is 0 Å². The number of hydrogen-bond donors (Lipinski definition) is 2. The largest absolute Gasteiger partial charge is 0.390 e. The van der Waals surface area contributed by atoms with Crippen LogP contribution in [0.25, 0.3) is 0 Å². The van der Waals surface area contributed by atoms with Crippen LogP contribution in [0.5, 0.6) is 0 Å². The van der Waals surface area contributed by atoms with Gasteiger partial charge in [0.2, 0.25) is 0 Å². The fourth-order valence-electron chi connectivity index (χ4n) is 4.28. The van der Waals surface area contributed by atoms with Crippen LogP contribution in [-0.4, -0.2) is 16.2 Å². The van der Waals surface area contributed by atoms with Crippen LogP contribution in [0.1, 0.15) is 38.5 Å². The minimum Gasteiger partial charge on any atom is -0.390 e. The van der Waals surface area contributed by atoms with Crippen LogP contribution in [0.4, 0.5) is 0 Å². The van der Waals surface area contributed by atoms with Crippen molar-refractivity contribution in [1.82, 2.24) is 0 Å². The Morgan fingerprint density at radius 2 is 1.67 bits per heavy atom. The zero-order valence-corrected chi connectivity index (χ0v) is 7.42. The fraction of sp³-hybridized carbons (Fsp3) is 1.00. The molecule has 4 aliphatic rings. The Labute approximate surface area is 73.1 Å². The quantitative estimate of drug-likeness (QED) is 0.566. The molecule has 0 saturated heterocycles. The average Bonchev–Trinajstić information content (AvgIpc) is 1.75. The van der Waals surface area contributed by atoms with Gasteiger partial charge in [0.25, 0.3) is 0 Å². The van der Waals surface area contributed by atoms with E-state index in [-0.39, 0.29) is 11.1 Å². The van der Waals surface area contributed by atoms with Gasteiger partial charge in [0.15, 0.2) is 0 Å². The molecule has 3 N–H and O–H groups in total. The summed E-state index contributed by atoms with van der Waals surface area (Å²) in [5.41, 5.74) is 5.90. The molecule has 4 atom stereocenters. The molecule has 68 valence electrons. The maximum Gasteiger partial charge on any atom is 0.0670 e. The molecule has 12 heavy (non-hydrogen) atoms. The van der Waals surface area contributed by atoms with Crippen molar-refractivity contribution >= 4 is 0 Å². The second-order valence-electron chi connectivity index (χ2n) is 5.55. The standard InChI is InChI=1S/C10H17NO/c11-9-2-7-1-8(3-9)5-10(12,4-7)6-9/h7-8,12H,1-6,11H2/t7-,8+,9?,10?. The first-order valence-electron chi connectivity index (χ1n) is 5.08. The van der Waals surface area contributed by atoms with Crippen LogP contribution in [0.15, 0.2) is 0 Å². The van der Waals surface area contributed by atoms with E-state index in [1.165, 1.54) is 19.3 Å². The molecule has 0 spiro atoms. The summed E-state index contributed by atoms with van der Waals surface area (Å²) in [5.74, 6) is 1.47. The summed E-state index contributed by atoms with van der Waals surface area (Å²) in [7, 11) is 0. The van der Waals surface area contributed by atoms with Gasteiger partial charge in [0, 0.05) is 5.54 Å². The maximum atomic E-state index is 10.2. The predicted molar refractivity (Wildman–Crippen MR) is 46.6 cm³/mol. The number of rotatable bonds is 0. The lowest BCUT2D eigenvalue weighted by Gasteiger charge is -2.58. The Morgan fingerprint density at radius 1 is 1.08 bits per heavy atom. The fourth-order valence-corrected chi connectivity index (χ4v) is 4.28. The van der Waals surface area contributed by atoms with E-state index >= 15 is 0 Å². The van der Waals surface area contributed by atoms with Crippen molar-refractivity contribution in [3.63, 3.8) is 0 Å². The van der Waals surface area contributed by atoms with E-state index in [1.54, 1.807) is 0 Å². The third kappa shape index (κ3) is 0.882. The lowest BCUT2D eigenvalue weighted by Crippen LogP contribution is -2.62. The van der Waals surface area contributed by atoms with E-state index in [9.17, 15) is 5.11 Å². The molecule has 2 heteroatoms. The lowest BCUT2D eigenvalue weighted by molar-refractivity contribution is -0.133. The molecule has 0 aromatic carbocycles. The average molecular weight is 167 g/mol. The van der Waals surface area contributed by atoms with Crippen LogP contribution in [-0.2, 0) is 0 Å². The van der Waals surface area contributed by atoms with Crippen molar-refractivity contribution in [3.8, 4) is 0 Å². The van der Waals surface area contributed by atoms with E-state index in [0.29, 0.717) is 0 Å². The Hall–Kier alpha value is -0.0800. The van der Waals surface area contributed by atoms with Crippen molar-refractivity contribution in [2.75, 3.05) is 0 Å². The minimum atomic E-state index is -0.362. The van der Waals surface area contributed by atoms with Crippen molar-refractivity contribution < 1.29 is 5.11 Å². The molecule has 0 heterocycles. The minimum absolute atomic E-state index is 0.0127. The van der Waals surface area contributed by atoms with E-state index < -0.39 is 0 Å². The molecular formula is C10H17NO. The van der Waals surface area contributed by atoms with Gasteiger partial charge in [-0.3, -0.25) is 0 Å². The molecule has 0 amide bonds. The van der Waals surface area contributed by atoms with Gasteiger partial charge < -0.3 is 10.8 Å². The van der Waals surface area contributed by atoms with Crippen LogP contribution in [0.2, 0.25) is 0 Å². The summed E-state index contributed by atoms with van der Waals surface area (Å²) in [5, 5.41) is 10.2. The third-order valence-electron chi connectivity index (χ3n) is 4.08. The van der Waals surface area contributed by atoms with Crippen molar-refractivity contribution in [1.29, 1.82) is 0 Å². The SMILES string of the molecule is NC12C[C@H]3C[C@@H](C1)CC(O)(C3)C2. The summed E-state index contributed by atoms with van der Waals surface area (Å²) < 4.78 is 0. The van der Waals surface area contributed by atoms with E-state index in [1.807, 2.05) is 0 Å². The smallest absolute Gasteiger partial charge is 0.0670 e. The van der Waals surface area contributed by atoms with Crippen molar-refractivity contribution in [2.45, 2.75) is 49.7 Å². The number of hydrogen-bond acceptors (Lipinski definition) is 2. The monoisotopic (exact) mass is 167 g/mol. The van der Waals surface area contributed by atoms with E-state index in [4.69, 9.17) is 5.73 Å². The third-order valence-corrected chi connectivity index (χ3v) is 4.08. The Balaban J connectivity index is 1.98. The first-order chi connectivity index (χ1) is 5.57. The first-order valence-corrected chi connectivity index (χ1v) is 5.08. The highest BCUT2D eigenvalue weighted by Gasteiger charge is 2.55. The molecule has 4 rings (SSSR count). The Morgan fingerprint density at radius 3 is 2.08 bits per heavy atom. The van der Waals surface area contributed by atoms with Gasteiger partial charge in [-0.1, -0.05) is 0 Å². The first kappa shape index (κ1) is 7.34. The topological polar surface area (TPSA) is 46.2 Å². The molecular weight excluding hydrogens is 150 g/mol. The zero-order chi connectivity index (χ0) is 8.40. The summed E-state index contributed by atoms with van der Waals surface area (Å²) in [6.07, 6.45) is 6.61. The van der Waals surface area contributed by atoms with E-state index in [0.717, 1.165) is 31.1 Å². The zero-order valence-electron chi connectivity index (χ0n) is 7.42. The highest BCUT2D eigenvalue weighted by molar-refractivity contribution is 5.10. The molecule has 4 saturated carbocycles. The van der Waals surface area contributed by atoms with Crippen molar-refractivity contribution in [3.05, 3.63) is 0 Å². The molecule has 0 aromatic rings. The molecule has 4 bridgehead atoms. The number of aliphatic hydroxyl groups is 1. The summed E-state index contributed by atoms with van der Waals surface area (Å²) in [4.78, 5) is 0. The van der Waals surface area contributed by atoms with Gasteiger partial charge in [0.05, 0.1) is 5.60 Å². The number of nitrogens with two attached hydrogens (primary N) is 1. The molecule has 0 radical (unpaired) electrons. The molecule has 0 aliphatic heterocycles. The Bertz CT molecular complexity index is 192. The maximum absolute atomic E-state index is 10.2. The lowest BCUT2D eigenvalue weighted by atomic mass is 9.51. The van der Waals surface area contributed by atoms with Gasteiger partial charge in [-0.15, -0.1) is 0 Å². The van der Waals surface area contributed by atoms with Crippen molar-refractivity contribution in [2.24, 2.45) is 17.6 Å². The molecule has 2 unspecified atom stereocenters. The summed E-state index contributed by atoms with van der Waals surface area (Å²) >= 11 is 0. The summed E-state index contributed by atoms with van der Waals surface area (Å²) in [6.45, 7) is 0. The van der Waals surface area contributed by atoms with Crippen LogP contribution < -0.4 is 5.73 Å². The molecule has 2 nitrogen and oxygen atoms in total. The highest BCUT2D eigenvalue weighted by atomic mass is 16.3. The summed E-state index contributed by atoms with van der Waals surface area (Å²) in [6, 6.07) is 0.